The minimum atomic E-state index is 0.366. The molecule has 0 bridgehead atoms. The highest BCUT2D eigenvalue weighted by molar-refractivity contribution is 4.80. The lowest BCUT2D eigenvalue weighted by atomic mass is 9.93. The van der Waals surface area contributed by atoms with E-state index in [9.17, 15) is 0 Å². The molecule has 2 heteroatoms. The van der Waals surface area contributed by atoms with Crippen molar-refractivity contribution < 1.29 is 0 Å². The smallest absolute Gasteiger partial charge is 0.0147 e. The third kappa shape index (κ3) is 3.25. The Balaban J connectivity index is 2.34. The van der Waals surface area contributed by atoms with E-state index in [0.29, 0.717) is 5.54 Å². The zero-order chi connectivity index (χ0) is 10.6. The van der Waals surface area contributed by atoms with Gasteiger partial charge in [0, 0.05) is 12.1 Å². The van der Waals surface area contributed by atoms with Crippen LogP contribution in [0.2, 0.25) is 0 Å². The molecule has 0 radical (unpaired) electrons. The molecule has 1 fully saturated rings. The Labute approximate surface area is 89.1 Å². The summed E-state index contributed by atoms with van der Waals surface area (Å²) in [5.41, 5.74) is 0.366. The van der Waals surface area contributed by atoms with Crippen molar-refractivity contribution >= 4 is 0 Å². The molecule has 0 unspecified atom stereocenters. The van der Waals surface area contributed by atoms with Gasteiger partial charge in [-0.25, -0.2) is 0 Å². The number of hydrogen-bond donors (Lipinski definition) is 1. The summed E-state index contributed by atoms with van der Waals surface area (Å²) in [6, 6.07) is 0. The molecule has 0 aromatic carbocycles. The van der Waals surface area contributed by atoms with Crippen LogP contribution in [-0.4, -0.2) is 37.1 Å². The van der Waals surface area contributed by atoms with E-state index < -0.39 is 0 Å². The van der Waals surface area contributed by atoms with E-state index in [0.717, 1.165) is 5.92 Å². The van der Waals surface area contributed by atoms with E-state index in [-0.39, 0.29) is 0 Å². The summed E-state index contributed by atoms with van der Waals surface area (Å²) in [6.07, 6.45) is 3.93. The molecule has 1 aliphatic rings. The summed E-state index contributed by atoms with van der Waals surface area (Å²) in [4.78, 5) is 2.53. The largest absolute Gasteiger partial charge is 0.317 e. The van der Waals surface area contributed by atoms with E-state index in [2.05, 4.69) is 38.0 Å². The van der Waals surface area contributed by atoms with Gasteiger partial charge in [0.2, 0.25) is 0 Å². The van der Waals surface area contributed by atoms with Crippen LogP contribution >= 0.6 is 0 Å². The van der Waals surface area contributed by atoms with Crippen molar-refractivity contribution in [3.63, 3.8) is 0 Å². The van der Waals surface area contributed by atoms with Crippen LogP contribution in [0.15, 0.2) is 0 Å². The van der Waals surface area contributed by atoms with Gasteiger partial charge in [-0.15, -0.1) is 0 Å². The van der Waals surface area contributed by atoms with Gasteiger partial charge in [-0.3, -0.25) is 0 Å². The Bertz CT molecular complexity index is 160. The maximum Gasteiger partial charge on any atom is 0.0147 e. The van der Waals surface area contributed by atoms with Crippen LogP contribution in [0.1, 0.15) is 40.0 Å². The lowest BCUT2D eigenvalue weighted by Gasteiger charge is -2.38. The number of rotatable bonds is 4. The van der Waals surface area contributed by atoms with Crippen molar-refractivity contribution in [1.82, 2.24) is 10.2 Å². The molecule has 84 valence electrons. The summed E-state index contributed by atoms with van der Waals surface area (Å²) in [6.45, 7) is 10.7. The molecule has 0 atom stereocenters. The summed E-state index contributed by atoms with van der Waals surface area (Å²) < 4.78 is 0. The van der Waals surface area contributed by atoms with Crippen molar-refractivity contribution in [3.8, 4) is 0 Å². The van der Waals surface area contributed by atoms with E-state index in [4.69, 9.17) is 0 Å². The topological polar surface area (TPSA) is 15.3 Å². The van der Waals surface area contributed by atoms with Gasteiger partial charge in [0.05, 0.1) is 0 Å². The predicted octanol–water partition coefficient (Wildman–Crippen LogP) is 2.11. The van der Waals surface area contributed by atoms with E-state index >= 15 is 0 Å². The average Bonchev–Trinajstić information content (AvgIpc) is 2.19. The number of nitrogens with one attached hydrogen (secondary N) is 1. The predicted molar refractivity (Wildman–Crippen MR) is 62.6 cm³/mol. The molecule has 2 nitrogen and oxygen atoms in total. The third-order valence-electron chi connectivity index (χ3n) is 3.89. The van der Waals surface area contributed by atoms with Gasteiger partial charge in [0.15, 0.2) is 0 Å². The van der Waals surface area contributed by atoms with E-state index in [1.165, 1.54) is 38.9 Å². The molecule has 1 saturated heterocycles. The lowest BCUT2D eigenvalue weighted by molar-refractivity contribution is 0.118. The van der Waals surface area contributed by atoms with Gasteiger partial charge >= 0.3 is 0 Å². The van der Waals surface area contributed by atoms with Crippen molar-refractivity contribution in [3.05, 3.63) is 0 Å². The first-order valence-electron chi connectivity index (χ1n) is 5.98. The minimum absolute atomic E-state index is 0.366. The van der Waals surface area contributed by atoms with Crippen molar-refractivity contribution in [2.24, 2.45) is 5.92 Å². The van der Waals surface area contributed by atoms with E-state index in [1.54, 1.807) is 0 Å². The molecule has 1 N–H and O–H groups in total. The van der Waals surface area contributed by atoms with Crippen LogP contribution in [0.4, 0.5) is 0 Å². The standard InChI is InChI=1S/C12H26N2/c1-5-12(2,3)14(4)10-11-6-8-13-9-7-11/h11,13H,5-10H2,1-4H3. The van der Waals surface area contributed by atoms with Crippen LogP contribution in [0.25, 0.3) is 0 Å². The SMILES string of the molecule is CCC(C)(C)N(C)CC1CCNCC1. The highest BCUT2D eigenvalue weighted by Gasteiger charge is 2.24. The van der Waals surface area contributed by atoms with Crippen LogP contribution in [0.3, 0.4) is 0 Å². The quantitative estimate of drug-likeness (QED) is 0.744. The first-order chi connectivity index (χ1) is 6.56. The second-order valence-corrected chi connectivity index (χ2v) is 5.24. The molecule has 1 rings (SSSR count). The molecular formula is C12H26N2. The average molecular weight is 198 g/mol. The molecule has 0 aromatic heterocycles. The second kappa shape index (κ2) is 5.13. The molecular weight excluding hydrogens is 172 g/mol. The van der Waals surface area contributed by atoms with Crippen LogP contribution < -0.4 is 5.32 Å². The Kier molecular flexibility index (Phi) is 4.39. The monoisotopic (exact) mass is 198 g/mol. The van der Waals surface area contributed by atoms with Gasteiger partial charge in [0.1, 0.15) is 0 Å². The molecule has 0 spiro atoms. The van der Waals surface area contributed by atoms with Crippen LogP contribution in [0.5, 0.6) is 0 Å². The number of piperidine rings is 1. The van der Waals surface area contributed by atoms with Gasteiger partial charge < -0.3 is 10.2 Å². The molecule has 0 aliphatic carbocycles. The Morgan fingerprint density at radius 2 is 1.86 bits per heavy atom. The van der Waals surface area contributed by atoms with Gasteiger partial charge in [-0.1, -0.05) is 6.92 Å². The maximum absolute atomic E-state index is 3.42. The molecule has 0 amide bonds. The Morgan fingerprint density at radius 3 is 2.36 bits per heavy atom. The number of nitrogens with zero attached hydrogens (tertiary/aromatic N) is 1. The summed E-state index contributed by atoms with van der Waals surface area (Å²) in [5, 5.41) is 3.42. The fourth-order valence-electron chi connectivity index (χ4n) is 1.97. The molecule has 0 aromatic rings. The molecule has 1 heterocycles. The number of hydrogen-bond acceptors (Lipinski definition) is 2. The molecule has 1 aliphatic heterocycles. The fourth-order valence-corrected chi connectivity index (χ4v) is 1.97. The van der Waals surface area contributed by atoms with Gasteiger partial charge in [0.25, 0.3) is 0 Å². The minimum Gasteiger partial charge on any atom is -0.317 e. The van der Waals surface area contributed by atoms with Crippen molar-refractivity contribution in [2.75, 3.05) is 26.7 Å². The van der Waals surface area contributed by atoms with Gasteiger partial charge in [-0.05, 0) is 59.2 Å². The summed E-state index contributed by atoms with van der Waals surface area (Å²) in [7, 11) is 2.27. The molecule has 14 heavy (non-hydrogen) atoms. The van der Waals surface area contributed by atoms with E-state index in [1.807, 2.05) is 0 Å². The summed E-state index contributed by atoms with van der Waals surface area (Å²) in [5.74, 6) is 0.909. The Morgan fingerprint density at radius 1 is 1.29 bits per heavy atom. The lowest BCUT2D eigenvalue weighted by Crippen LogP contribution is -2.44. The van der Waals surface area contributed by atoms with Crippen molar-refractivity contribution in [2.45, 2.75) is 45.6 Å². The van der Waals surface area contributed by atoms with Gasteiger partial charge in [-0.2, -0.15) is 0 Å². The summed E-state index contributed by atoms with van der Waals surface area (Å²) >= 11 is 0. The second-order valence-electron chi connectivity index (χ2n) is 5.24. The maximum atomic E-state index is 3.42. The highest BCUT2D eigenvalue weighted by Crippen LogP contribution is 2.21. The zero-order valence-corrected chi connectivity index (χ0v) is 10.3. The first-order valence-corrected chi connectivity index (χ1v) is 5.98. The molecule has 0 saturated carbocycles. The third-order valence-corrected chi connectivity index (χ3v) is 3.89. The van der Waals surface area contributed by atoms with Crippen LogP contribution in [-0.2, 0) is 0 Å². The van der Waals surface area contributed by atoms with Crippen LogP contribution in [0, 0.1) is 5.92 Å². The fraction of sp³-hybridized carbons (Fsp3) is 1.00. The first kappa shape index (κ1) is 12.0. The zero-order valence-electron chi connectivity index (χ0n) is 10.3. The highest BCUT2D eigenvalue weighted by atomic mass is 15.2. The van der Waals surface area contributed by atoms with Crippen molar-refractivity contribution in [1.29, 1.82) is 0 Å². The Hall–Kier alpha value is -0.0800. The normalized spacial score (nSPS) is 20.4.